The van der Waals surface area contributed by atoms with Crippen LogP contribution >= 0.6 is 0 Å². The van der Waals surface area contributed by atoms with Gasteiger partial charge in [0.2, 0.25) is 0 Å². The molecule has 1 aliphatic rings. The maximum Gasteiger partial charge on any atom is 0.410 e. The van der Waals surface area contributed by atoms with E-state index < -0.39 is 12.1 Å². The van der Waals surface area contributed by atoms with Gasteiger partial charge in [-0.2, -0.15) is 0 Å². The molecule has 0 aromatic rings. The number of carbonyl (C=O) groups is 2. The molecule has 1 amide bonds. The summed E-state index contributed by atoms with van der Waals surface area (Å²) in [6.45, 7) is 4.92. The number of hydrogen-bond acceptors (Lipinski definition) is 3. The Morgan fingerprint density at radius 2 is 2.25 bits per heavy atom. The smallest absolute Gasteiger partial charge is 0.410 e. The van der Waals surface area contributed by atoms with Crippen LogP contribution < -0.4 is 0 Å². The van der Waals surface area contributed by atoms with E-state index in [2.05, 4.69) is 0 Å². The van der Waals surface area contributed by atoms with Gasteiger partial charge < -0.3 is 14.7 Å². The fourth-order valence-electron chi connectivity index (χ4n) is 1.38. The lowest BCUT2D eigenvalue weighted by molar-refractivity contribution is -0.133. The van der Waals surface area contributed by atoms with Crippen LogP contribution in [0.2, 0.25) is 0 Å². The Morgan fingerprint density at radius 1 is 1.56 bits per heavy atom. The van der Waals surface area contributed by atoms with Gasteiger partial charge in [-0.15, -0.1) is 0 Å². The molecule has 0 saturated carbocycles. The zero-order chi connectivity index (χ0) is 12.1. The highest BCUT2D eigenvalue weighted by atomic mass is 16.6. The van der Waals surface area contributed by atoms with Crippen LogP contribution in [0, 0.1) is 5.92 Å². The second-order valence-electron chi connectivity index (χ2n) is 4.22. The van der Waals surface area contributed by atoms with E-state index in [0.29, 0.717) is 19.6 Å². The molecule has 0 spiro atoms. The molecule has 16 heavy (non-hydrogen) atoms. The predicted molar refractivity (Wildman–Crippen MR) is 58.1 cm³/mol. The number of amides is 1. The summed E-state index contributed by atoms with van der Waals surface area (Å²) in [5.41, 5.74) is 0.257. The molecule has 90 valence electrons. The highest BCUT2D eigenvalue weighted by Gasteiger charge is 2.22. The summed E-state index contributed by atoms with van der Waals surface area (Å²) in [5.74, 6) is -0.690. The van der Waals surface area contributed by atoms with Gasteiger partial charge in [0.05, 0.1) is 18.7 Å². The number of ether oxygens (including phenoxy) is 1. The first-order valence-electron chi connectivity index (χ1n) is 5.34. The molecule has 0 aromatic heterocycles. The Morgan fingerprint density at radius 3 is 2.81 bits per heavy atom. The largest absolute Gasteiger partial charge is 0.478 e. The van der Waals surface area contributed by atoms with Crippen molar-refractivity contribution in [2.45, 2.75) is 20.3 Å². The minimum atomic E-state index is -0.971. The zero-order valence-electron chi connectivity index (χ0n) is 9.60. The van der Waals surface area contributed by atoms with E-state index in [1.54, 1.807) is 6.08 Å². The Hall–Kier alpha value is -1.52. The topological polar surface area (TPSA) is 66.8 Å². The van der Waals surface area contributed by atoms with Gasteiger partial charge in [0, 0.05) is 6.54 Å². The summed E-state index contributed by atoms with van der Waals surface area (Å²) in [5, 5.41) is 8.81. The molecule has 0 fully saturated rings. The standard InChI is InChI=1S/C11H17NO4/c1-8(2)7-16-11(15)12-5-3-4-9(6-12)10(13)14/h4,8H,3,5-7H2,1-2H3,(H,13,14). The molecule has 0 saturated heterocycles. The molecule has 0 aliphatic carbocycles. The van der Waals surface area contributed by atoms with Crippen LogP contribution in [0.15, 0.2) is 11.6 Å². The SMILES string of the molecule is CC(C)COC(=O)N1CCC=C(C(=O)O)C1. The molecular weight excluding hydrogens is 210 g/mol. The van der Waals surface area contributed by atoms with E-state index in [0.717, 1.165) is 0 Å². The highest BCUT2D eigenvalue weighted by molar-refractivity contribution is 5.88. The van der Waals surface area contributed by atoms with Gasteiger partial charge in [0.1, 0.15) is 0 Å². The van der Waals surface area contributed by atoms with Crippen molar-refractivity contribution in [2.75, 3.05) is 19.7 Å². The summed E-state index contributed by atoms with van der Waals surface area (Å²) in [7, 11) is 0. The summed E-state index contributed by atoms with van der Waals surface area (Å²) in [6, 6.07) is 0. The number of aliphatic carboxylic acids is 1. The van der Waals surface area contributed by atoms with Gasteiger partial charge in [-0.05, 0) is 12.3 Å². The minimum Gasteiger partial charge on any atom is -0.478 e. The summed E-state index contributed by atoms with van der Waals surface area (Å²) in [4.78, 5) is 23.7. The van der Waals surface area contributed by atoms with Gasteiger partial charge in [-0.1, -0.05) is 19.9 Å². The number of rotatable bonds is 3. The first kappa shape index (κ1) is 12.5. The van der Waals surface area contributed by atoms with E-state index in [9.17, 15) is 9.59 Å². The number of nitrogens with zero attached hydrogens (tertiary/aromatic N) is 1. The first-order chi connectivity index (χ1) is 7.50. The molecule has 0 aromatic carbocycles. The maximum atomic E-state index is 11.6. The molecule has 1 heterocycles. The molecule has 0 atom stereocenters. The molecule has 5 nitrogen and oxygen atoms in total. The number of carboxylic acids is 1. The van der Waals surface area contributed by atoms with Crippen molar-refractivity contribution in [3.63, 3.8) is 0 Å². The fourth-order valence-corrected chi connectivity index (χ4v) is 1.38. The zero-order valence-corrected chi connectivity index (χ0v) is 9.60. The maximum absolute atomic E-state index is 11.6. The number of carboxylic acid groups (broad SMARTS) is 1. The average Bonchev–Trinajstić information content (AvgIpc) is 2.26. The average molecular weight is 227 g/mol. The van der Waals surface area contributed by atoms with Crippen molar-refractivity contribution < 1.29 is 19.4 Å². The minimum absolute atomic E-state index is 0.131. The van der Waals surface area contributed by atoms with Crippen LogP contribution in [-0.2, 0) is 9.53 Å². The monoisotopic (exact) mass is 227 g/mol. The predicted octanol–water partition coefficient (Wildman–Crippen LogP) is 1.50. The van der Waals surface area contributed by atoms with Gasteiger partial charge >= 0.3 is 12.1 Å². The fraction of sp³-hybridized carbons (Fsp3) is 0.636. The van der Waals surface area contributed by atoms with E-state index in [-0.39, 0.29) is 18.0 Å². The second kappa shape index (κ2) is 5.53. The van der Waals surface area contributed by atoms with Crippen LogP contribution in [0.1, 0.15) is 20.3 Å². The Kier molecular flexibility index (Phi) is 4.34. The Balaban J connectivity index is 2.47. The van der Waals surface area contributed by atoms with Crippen LogP contribution in [-0.4, -0.2) is 41.8 Å². The second-order valence-corrected chi connectivity index (χ2v) is 4.22. The van der Waals surface area contributed by atoms with Crippen molar-refractivity contribution in [1.29, 1.82) is 0 Å². The van der Waals surface area contributed by atoms with Crippen LogP contribution in [0.3, 0.4) is 0 Å². The van der Waals surface area contributed by atoms with E-state index in [4.69, 9.17) is 9.84 Å². The number of hydrogen-bond donors (Lipinski definition) is 1. The Labute approximate surface area is 94.7 Å². The van der Waals surface area contributed by atoms with Crippen LogP contribution in [0.25, 0.3) is 0 Å². The summed E-state index contributed by atoms with van der Waals surface area (Å²) < 4.78 is 5.04. The van der Waals surface area contributed by atoms with Gasteiger partial charge in [-0.3, -0.25) is 0 Å². The van der Waals surface area contributed by atoms with Gasteiger partial charge in [0.25, 0.3) is 0 Å². The van der Waals surface area contributed by atoms with Crippen molar-refractivity contribution in [2.24, 2.45) is 5.92 Å². The Bertz CT molecular complexity index is 309. The van der Waals surface area contributed by atoms with Gasteiger partial charge in [0.15, 0.2) is 0 Å². The lowest BCUT2D eigenvalue weighted by Gasteiger charge is -2.25. The van der Waals surface area contributed by atoms with Crippen molar-refractivity contribution in [1.82, 2.24) is 4.90 Å². The van der Waals surface area contributed by atoms with Crippen molar-refractivity contribution in [3.8, 4) is 0 Å². The molecule has 1 aliphatic heterocycles. The van der Waals surface area contributed by atoms with E-state index in [1.807, 2.05) is 13.8 Å². The van der Waals surface area contributed by atoms with E-state index in [1.165, 1.54) is 4.90 Å². The third-order valence-electron chi connectivity index (χ3n) is 2.22. The molecular formula is C11H17NO4. The first-order valence-corrected chi connectivity index (χ1v) is 5.34. The normalized spacial score (nSPS) is 15.9. The van der Waals surface area contributed by atoms with Crippen molar-refractivity contribution >= 4 is 12.1 Å². The molecule has 1 rings (SSSR count). The van der Waals surface area contributed by atoms with Gasteiger partial charge in [-0.25, -0.2) is 9.59 Å². The molecule has 0 bridgehead atoms. The molecule has 0 radical (unpaired) electrons. The quantitative estimate of drug-likeness (QED) is 0.793. The summed E-state index contributed by atoms with van der Waals surface area (Å²) in [6.07, 6.45) is 1.79. The summed E-state index contributed by atoms with van der Waals surface area (Å²) >= 11 is 0. The third kappa shape index (κ3) is 3.56. The number of carbonyl (C=O) groups excluding carboxylic acids is 1. The van der Waals surface area contributed by atoms with Crippen LogP contribution in [0.4, 0.5) is 4.79 Å². The van der Waals surface area contributed by atoms with Crippen LogP contribution in [0.5, 0.6) is 0 Å². The van der Waals surface area contributed by atoms with Crippen molar-refractivity contribution in [3.05, 3.63) is 11.6 Å². The lowest BCUT2D eigenvalue weighted by Crippen LogP contribution is -2.38. The molecule has 5 heteroatoms. The molecule has 1 N–H and O–H groups in total. The molecule has 0 unspecified atom stereocenters. The lowest BCUT2D eigenvalue weighted by atomic mass is 10.1. The van der Waals surface area contributed by atoms with E-state index >= 15 is 0 Å². The highest BCUT2D eigenvalue weighted by Crippen LogP contribution is 2.11. The third-order valence-corrected chi connectivity index (χ3v) is 2.22.